The maximum absolute atomic E-state index is 4.65. The molecule has 26 heavy (non-hydrogen) atoms. The van der Waals surface area contributed by atoms with Crippen LogP contribution >= 0.6 is 11.3 Å². The number of nitrogens with one attached hydrogen (secondary N) is 1. The van der Waals surface area contributed by atoms with Crippen LogP contribution in [0.1, 0.15) is 5.69 Å². The minimum absolute atomic E-state index is 0.786. The molecule has 0 aliphatic carbocycles. The van der Waals surface area contributed by atoms with Crippen LogP contribution in [0.15, 0.2) is 67.1 Å². The van der Waals surface area contributed by atoms with Crippen LogP contribution in [-0.2, 0) is 0 Å². The summed E-state index contributed by atoms with van der Waals surface area (Å²) in [5.74, 6) is 0.786. The van der Waals surface area contributed by atoms with Gasteiger partial charge >= 0.3 is 0 Å². The second kappa shape index (κ2) is 5.93. The molecule has 0 aliphatic heterocycles. The van der Waals surface area contributed by atoms with Crippen LogP contribution in [0.3, 0.4) is 0 Å². The summed E-state index contributed by atoms with van der Waals surface area (Å²) in [5, 5.41) is 12.8. The summed E-state index contributed by atoms with van der Waals surface area (Å²) in [4.78, 5) is 5.40. The van der Waals surface area contributed by atoms with Crippen LogP contribution in [0, 0.1) is 6.92 Å². The lowest BCUT2D eigenvalue weighted by atomic mass is 10.0. The smallest absolute Gasteiger partial charge is 0.171 e. The van der Waals surface area contributed by atoms with Gasteiger partial charge in [-0.25, -0.2) is 4.52 Å². The summed E-state index contributed by atoms with van der Waals surface area (Å²) >= 11 is 1.71. The summed E-state index contributed by atoms with van der Waals surface area (Å²) in [6.07, 6.45) is 3.60. The highest BCUT2D eigenvalue weighted by molar-refractivity contribution is 7.19. The number of pyridine rings is 1. The van der Waals surface area contributed by atoms with Gasteiger partial charge in [0.1, 0.15) is 6.33 Å². The molecule has 5 aromatic rings. The van der Waals surface area contributed by atoms with Gasteiger partial charge in [0.05, 0.1) is 16.1 Å². The third-order valence-electron chi connectivity index (χ3n) is 4.41. The van der Waals surface area contributed by atoms with Crippen LogP contribution in [-0.4, -0.2) is 24.8 Å². The highest BCUT2D eigenvalue weighted by Gasteiger charge is 2.19. The molecule has 126 valence electrons. The molecule has 1 N–H and O–H groups in total. The molecule has 0 radical (unpaired) electrons. The van der Waals surface area contributed by atoms with Crippen molar-refractivity contribution in [3.63, 3.8) is 0 Å². The molecular weight excluding hydrogens is 342 g/mol. The van der Waals surface area contributed by atoms with Crippen molar-refractivity contribution < 1.29 is 0 Å². The Morgan fingerprint density at radius 2 is 1.88 bits per heavy atom. The van der Waals surface area contributed by atoms with E-state index in [2.05, 4.69) is 63.6 Å². The van der Waals surface area contributed by atoms with E-state index in [1.807, 2.05) is 28.9 Å². The zero-order valence-corrected chi connectivity index (χ0v) is 14.9. The number of aromatic amines is 1. The maximum atomic E-state index is 4.65. The van der Waals surface area contributed by atoms with Crippen molar-refractivity contribution in [2.24, 2.45) is 0 Å². The van der Waals surface area contributed by atoms with E-state index in [9.17, 15) is 0 Å². The fourth-order valence-corrected chi connectivity index (χ4v) is 4.49. The lowest BCUT2D eigenvalue weighted by Gasteiger charge is -2.00. The molecule has 0 saturated heterocycles. The van der Waals surface area contributed by atoms with Gasteiger partial charge in [-0.3, -0.25) is 0 Å². The molecule has 6 heteroatoms. The van der Waals surface area contributed by atoms with Gasteiger partial charge in [-0.2, -0.15) is 5.10 Å². The summed E-state index contributed by atoms with van der Waals surface area (Å²) in [7, 11) is 0. The topological polar surface area (TPSA) is 58.9 Å². The average molecular weight is 357 g/mol. The Hall–Kier alpha value is -3.25. The molecule has 0 bridgehead atoms. The summed E-state index contributed by atoms with van der Waals surface area (Å²) in [6.45, 7) is 2.05. The van der Waals surface area contributed by atoms with Crippen molar-refractivity contribution in [1.82, 2.24) is 24.8 Å². The molecule has 0 saturated carbocycles. The fourth-order valence-electron chi connectivity index (χ4n) is 3.26. The molecule has 0 aliphatic rings. The summed E-state index contributed by atoms with van der Waals surface area (Å²) < 4.78 is 1.93. The Bertz CT molecular complexity index is 1190. The highest BCUT2D eigenvalue weighted by atomic mass is 32.1. The van der Waals surface area contributed by atoms with Crippen molar-refractivity contribution in [2.45, 2.75) is 6.92 Å². The Kier molecular flexibility index (Phi) is 3.43. The summed E-state index contributed by atoms with van der Waals surface area (Å²) in [5.41, 5.74) is 5.60. The van der Waals surface area contributed by atoms with Gasteiger partial charge in [-0.15, -0.1) is 21.5 Å². The van der Waals surface area contributed by atoms with Crippen LogP contribution < -0.4 is 0 Å². The predicted molar refractivity (Wildman–Crippen MR) is 104 cm³/mol. The van der Waals surface area contributed by atoms with E-state index in [-0.39, 0.29) is 0 Å². The fraction of sp³-hybridized carbons (Fsp3) is 0.0500. The number of hydrogen-bond acceptors (Lipinski definition) is 4. The number of rotatable bonds is 3. The van der Waals surface area contributed by atoms with E-state index in [0.717, 1.165) is 33.0 Å². The number of nitrogens with zero attached hydrogens (tertiary/aromatic N) is 4. The second-order valence-corrected chi connectivity index (χ2v) is 7.10. The van der Waals surface area contributed by atoms with Crippen LogP contribution in [0.5, 0.6) is 0 Å². The Balaban J connectivity index is 1.77. The Labute approximate surface area is 154 Å². The van der Waals surface area contributed by atoms with Crippen LogP contribution in [0.2, 0.25) is 0 Å². The standard InChI is InChI=1S/C20H15N5S/c1-13-18(16-9-5-6-10-25(16)24-13)17-11-15(14-7-3-2-4-8-14)19(26-17)20-21-12-22-23-20/h2-12H,1H3,(H,21,22,23). The number of aryl methyl sites for hydroxylation is 1. The van der Waals surface area contributed by atoms with Crippen LogP contribution in [0.4, 0.5) is 0 Å². The molecule has 4 aromatic heterocycles. The molecule has 4 heterocycles. The van der Waals surface area contributed by atoms with Gasteiger partial charge in [0, 0.05) is 22.2 Å². The molecule has 5 nitrogen and oxygen atoms in total. The third-order valence-corrected chi connectivity index (χ3v) is 5.57. The predicted octanol–water partition coefficient (Wildman–Crippen LogP) is 4.82. The van der Waals surface area contributed by atoms with Gasteiger partial charge < -0.3 is 4.98 Å². The van der Waals surface area contributed by atoms with E-state index in [1.54, 1.807) is 17.7 Å². The minimum atomic E-state index is 0.786. The number of thiophene rings is 1. The van der Waals surface area contributed by atoms with Crippen LogP contribution in [0.25, 0.3) is 37.8 Å². The zero-order chi connectivity index (χ0) is 17.5. The van der Waals surface area contributed by atoms with E-state index < -0.39 is 0 Å². The maximum Gasteiger partial charge on any atom is 0.171 e. The largest absolute Gasteiger partial charge is 0.327 e. The first-order valence-electron chi connectivity index (χ1n) is 8.31. The minimum Gasteiger partial charge on any atom is -0.327 e. The van der Waals surface area contributed by atoms with E-state index >= 15 is 0 Å². The summed E-state index contributed by atoms with van der Waals surface area (Å²) in [6, 6.07) is 18.7. The lowest BCUT2D eigenvalue weighted by molar-refractivity contribution is 0.934. The number of benzene rings is 1. The molecule has 0 amide bonds. The number of hydrogen-bond donors (Lipinski definition) is 1. The normalized spacial score (nSPS) is 11.3. The number of H-pyrrole nitrogens is 1. The number of fused-ring (bicyclic) bond motifs is 1. The van der Waals surface area contributed by atoms with Crippen molar-refractivity contribution in [3.05, 3.63) is 72.8 Å². The van der Waals surface area contributed by atoms with Crippen molar-refractivity contribution >= 4 is 16.9 Å². The Morgan fingerprint density at radius 1 is 1.04 bits per heavy atom. The Morgan fingerprint density at radius 3 is 2.69 bits per heavy atom. The lowest BCUT2D eigenvalue weighted by Crippen LogP contribution is -1.83. The first-order chi connectivity index (χ1) is 12.8. The average Bonchev–Trinajstić information content (AvgIpc) is 3.39. The van der Waals surface area contributed by atoms with E-state index in [0.29, 0.717) is 0 Å². The van der Waals surface area contributed by atoms with Gasteiger partial charge in [0.2, 0.25) is 0 Å². The molecule has 0 atom stereocenters. The molecular formula is C20H15N5S. The van der Waals surface area contributed by atoms with Crippen molar-refractivity contribution in [1.29, 1.82) is 0 Å². The molecule has 0 fully saturated rings. The molecule has 1 aromatic carbocycles. The van der Waals surface area contributed by atoms with Gasteiger partial charge in [0.15, 0.2) is 5.82 Å². The van der Waals surface area contributed by atoms with Crippen molar-refractivity contribution in [3.8, 4) is 32.3 Å². The number of aromatic nitrogens is 5. The van der Waals surface area contributed by atoms with E-state index in [1.165, 1.54) is 10.4 Å². The first kappa shape index (κ1) is 15.0. The quantitative estimate of drug-likeness (QED) is 0.503. The second-order valence-electron chi connectivity index (χ2n) is 6.05. The molecule has 0 spiro atoms. The zero-order valence-electron chi connectivity index (χ0n) is 14.0. The van der Waals surface area contributed by atoms with Gasteiger partial charge in [-0.05, 0) is 30.7 Å². The molecule has 5 rings (SSSR count). The van der Waals surface area contributed by atoms with Gasteiger partial charge in [-0.1, -0.05) is 36.4 Å². The van der Waals surface area contributed by atoms with Gasteiger partial charge in [0.25, 0.3) is 0 Å². The first-order valence-corrected chi connectivity index (χ1v) is 9.13. The SMILES string of the molecule is Cc1nn2ccccc2c1-c1cc(-c2ccccc2)c(-c2nnc[nH]2)s1. The van der Waals surface area contributed by atoms with E-state index in [4.69, 9.17) is 0 Å². The molecule has 0 unspecified atom stereocenters. The van der Waals surface area contributed by atoms with Crippen molar-refractivity contribution in [2.75, 3.05) is 0 Å². The highest BCUT2D eigenvalue weighted by Crippen LogP contribution is 2.43. The third kappa shape index (κ3) is 2.34. The monoisotopic (exact) mass is 357 g/mol.